The van der Waals surface area contributed by atoms with Gasteiger partial charge in [0.1, 0.15) is 5.82 Å². The van der Waals surface area contributed by atoms with E-state index in [1.54, 1.807) is 6.07 Å². The number of hydrogen-bond acceptors (Lipinski definition) is 4. The summed E-state index contributed by atoms with van der Waals surface area (Å²) in [6.07, 6.45) is 1.13. The highest BCUT2D eigenvalue weighted by Gasteiger charge is 2.09. The fourth-order valence-electron chi connectivity index (χ4n) is 1.67. The van der Waals surface area contributed by atoms with E-state index in [0.717, 1.165) is 18.7 Å². The minimum absolute atomic E-state index is 0.354. The van der Waals surface area contributed by atoms with Crippen molar-refractivity contribution in [3.05, 3.63) is 46.3 Å². The Morgan fingerprint density at radius 2 is 2.26 bits per heavy atom. The van der Waals surface area contributed by atoms with Crippen molar-refractivity contribution in [1.82, 2.24) is 15.5 Å². The Morgan fingerprint density at radius 3 is 3.00 bits per heavy atom. The van der Waals surface area contributed by atoms with Crippen molar-refractivity contribution >= 4 is 11.6 Å². The molecule has 0 bridgehead atoms. The van der Waals surface area contributed by atoms with Crippen molar-refractivity contribution in [2.45, 2.75) is 19.8 Å². The lowest BCUT2D eigenvalue weighted by Crippen LogP contribution is -2.16. The first-order valence-corrected chi connectivity index (χ1v) is 6.53. The molecule has 102 valence electrons. The van der Waals surface area contributed by atoms with Crippen LogP contribution in [0.15, 0.2) is 22.7 Å². The Balaban J connectivity index is 1.99. The number of nitrogens with zero attached hydrogens (tertiary/aromatic N) is 2. The van der Waals surface area contributed by atoms with Crippen LogP contribution in [0.1, 0.15) is 24.2 Å². The van der Waals surface area contributed by atoms with Gasteiger partial charge in [0.2, 0.25) is 5.89 Å². The molecule has 0 saturated carbocycles. The van der Waals surface area contributed by atoms with Crippen LogP contribution in [0.5, 0.6) is 0 Å². The predicted molar refractivity (Wildman–Crippen MR) is 70.8 cm³/mol. The second-order valence-electron chi connectivity index (χ2n) is 4.12. The monoisotopic (exact) mass is 283 g/mol. The van der Waals surface area contributed by atoms with E-state index >= 15 is 0 Å². The molecule has 0 aliphatic heterocycles. The van der Waals surface area contributed by atoms with E-state index in [9.17, 15) is 4.39 Å². The molecule has 0 saturated heterocycles. The van der Waals surface area contributed by atoms with Gasteiger partial charge < -0.3 is 9.84 Å². The van der Waals surface area contributed by atoms with Crippen LogP contribution in [0.3, 0.4) is 0 Å². The zero-order valence-electron chi connectivity index (χ0n) is 10.6. The highest BCUT2D eigenvalue weighted by molar-refractivity contribution is 6.31. The van der Waals surface area contributed by atoms with Gasteiger partial charge in [-0.1, -0.05) is 29.7 Å². The molecule has 1 heterocycles. The van der Waals surface area contributed by atoms with Gasteiger partial charge in [-0.15, -0.1) is 0 Å². The van der Waals surface area contributed by atoms with E-state index in [1.165, 1.54) is 12.1 Å². The summed E-state index contributed by atoms with van der Waals surface area (Å²) >= 11 is 5.95. The number of hydrogen-bond donors (Lipinski definition) is 1. The van der Waals surface area contributed by atoms with Crippen LogP contribution in [0.4, 0.5) is 4.39 Å². The Bertz CT molecular complexity index is 544. The van der Waals surface area contributed by atoms with Crippen LogP contribution in [-0.2, 0) is 12.8 Å². The molecule has 4 nitrogen and oxygen atoms in total. The third kappa shape index (κ3) is 4.01. The number of rotatable bonds is 6. The Hall–Kier alpha value is -1.46. The smallest absolute Gasteiger partial charge is 0.227 e. The average molecular weight is 284 g/mol. The lowest BCUT2D eigenvalue weighted by molar-refractivity contribution is 0.372. The predicted octanol–water partition coefficient (Wildman–Crippen LogP) is 2.60. The normalized spacial score (nSPS) is 10.9. The van der Waals surface area contributed by atoms with Gasteiger partial charge in [-0.2, -0.15) is 4.98 Å². The topological polar surface area (TPSA) is 51.0 Å². The number of benzene rings is 1. The summed E-state index contributed by atoms with van der Waals surface area (Å²) in [6, 6.07) is 4.28. The highest BCUT2D eigenvalue weighted by atomic mass is 35.5. The quantitative estimate of drug-likeness (QED) is 0.828. The molecule has 0 amide bonds. The van der Waals surface area contributed by atoms with E-state index in [-0.39, 0.29) is 5.82 Å². The maximum absolute atomic E-state index is 12.9. The van der Waals surface area contributed by atoms with Crippen molar-refractivity contribution in [3.63, 3.8) is 0 Å². The van der Waals surface area contributed by atoms with Crippen LogP contribution >= 0.6 is 11.6 Å². The summed E-state index contributed by atoms with van der Waals surface area (Å²) in [5.41, 5.74) is 0.780. The summed E-state index contributed by atoms with van der Waals surface area (Å²) in [5.74, 6) is 0.794. The number of halogens is 2. The maximum atomic E-state index is 12.9. The molecule has 2 rings (SSSR count). The van der Waals surface area contributed by atoms with Crippen molar-refractivity contribution in [2.24, 2.45) is 0 Å². The molecule has 0 fully saturated rings. The molecular weight excluding hydrogens is 269 g/mol. The van der Waals surface area contributed by atoms with E-state index in [1.807, 2.05) is 6.92 Å². The summed E-state index contributed by atoms with van der Waals surface area (Å²) in [4.78, 5) is 4.27. The number of likely N-dealkylation sites (N-methyl/N-ethyl adjacent to an activating group) is 1. The zero-order chi connectivity index (χ0) is 13.7. The van der Waals surface area contributed by atoms with E-state index in [4.69, 9.17) is 16.1 Å². The molecule has 0 atom stereocenters. The van der Waals surface area contributed by atoms with Crippen molar-refractivity contribution in [2.75, 3.05) is 13.1 Å². The van der Waals surface area contributed by atoms with Crippen molar-refractivity contribution in [1.29, 1.82) is 0 Å². The second-order valence-corrected chi connectivity index (χ2v) is 4.53. The van der Waals surface area contributed by atoms with E-state index < -0.39 is 0 Å². The summed E-state index contributed by atoms with van der Waals surface area (Å²) in [5, 5.41) is 7.44. The lowest BCUT2D eigenvalue weighted by atomic mass is 10.1. The molecule has 2 aromatic rings. The van der Waals surface area contributed by atoms with Crippen molar-refractivity contribution in [3.8, 4) is 0 Å². The van der Waals surface area contributed by atoms with Gasteiger partial charge >= 0.3 is 0 Å². The molecule has 0 aliphatic rings. The molecule has 1 N–H and O–H groups in total. The van der Waals surface area contributed by atoms with Gasteiger partial charge in [-0.3, -0.25) is 0 Å². The van der Waals surface area contributed by atoms with E-state index in [0.29, 0.717) is 29.6 Å². The number of nitrogens with one attached hydrogen (secondary N) is 1. The van der Waals surface area contributed by atoms with Crippen molar-refractivity contribution < 1.29 is 8.91 Å². The first-order chi connectivity index (χ1) is 9.19. The van der Waals surface area contributed by atoms with Crippen LogP contribution in [0.2, 0.25) is 5.02 Å². The van der Waals surface area contributed by atoms with Crippen LogP contribution < -0.4 is 5.32 Å². The summed E-state index contributed by atoms with van der Waals surface area (Å²) < 4.78 is 18.1. The van der Waals surface area contributed by atoms with Gasteiger partial charge in [0.25, 0.3) is 0 Å². The fraction of sp³-hybridized carbons (Fsp3) is 0.385. The Kier molecular flexibility index (Phi) is 4.87. The molecule has 0 aliphatic carbocycles. The third-order valence-corrected chi connectivity index (χ3v) is 2.99. The first kappa shape index (κ1) is 14.0. The van der Waals surface area contributed by atoms with Gasteiger partial charge in [0.15, 0.2) is 5.82 Å². The SMILES string of the molecule is CCNCCc1nc(Cc2ccc(F)cc2Cl)no1. The average Bonchev–Trinajstić information content (AvgIpc) is 2.81. The lowest BCUT2D eigenvalue weighted by Gasteiger charge is -2.00. The largest absolute Gasteiger partial charge is 0.339 e. The first-order valence-electron chi connectivity index (χ1n) is 6.15. The van der Waals surface area contributed by atoms with Crippen LogP contribution in [0.25, 0.3) is 0 Å². The molecule has 19 heavy (non-hydrogen) atoms. The van der Waals surface area contributed by atoms with Gasteiger partial charge in [-0.25, -0.2) is 4.39 Å². The minimum Gasteiger partial charge on any atom is -0.339 e. The maximum Gasteiger partial charge on any atom is 0.227 e. The highest BCUT2D eigenvalue weighted by Crippen LogP contribution is 2.19. The molecule has 0 unspecified atom stereocenters. The third-order valence-electron chi connectivity index (χ3n) is 2.64. The summed E-state index contributed by atoms with van der Waals surface area (Å²) in [6.45, 7) is 3.75. The molecule has 6 heteroatoms. The van der Waals surface area contributed by atoms with Gasteiger partial charge in [0.05, 0.1) is 0 Å². The minimum atomic E-state index is -0.354. The molecule has 1 aromatic carbocycles. The fourth-order valence-corrected chi connectivity index (χ4v) is 1.91. The molecular formula is C13H15ClFN3O. The zero-order valence-corrected chi connectivity index (χ0v) is 11.4. The number of aromatic nitrogens is 2. The Morgan fingerprint density at radius 1 is 1.42 bits per heavy atom. The molecule has 0 radical (unpaired) electrons. The van der Waals surface area contributed by atoms with E-state index in [2.05, 4.69) is 15.5 Å². The molecule has 0 spiro atoms. The summed E-state index contributed by atoms with van der Waals surface area (Å²) in [7, 11) is 0. The van der Waals surface area contributed by atoms with Gasteiger partial charge in [-0.05, 0) is 24.2 Å². The Labute approximate surface area is 116 Å². The van der Waals surface area contributed by atoms with Gasteiger partial charge in [0, 0.05) is 24.4 Å². The molecule has 1 aromatic heterocycles. The van der Waals surface area contributed by atoms with Crippen LogP contribution in [-0.4, -0.2) is 23.2 Å². The second kappa shape index (κ2) is 6.63. The van der Waals surface area contributed by atoms with Crippen LogP contribution in [0, 0.1) is 5.82 Å². The standard InChI is InChI=1S/C13H15ClFN3O/c1-2-16-6-5-13-17-12(18-19-13)7-9-3-4-10(15)8-11(9)14/h3-4,8,16H,2,5-7H2,1H3.